The number of rotatable bonds is 4. The van der Waals surface area contributed by atoms with E-state index < -0.39 is 0 Å². The number of hydrogen-bond acceptors (Lipinski definition) is 2. The average molecular weight is 233 g/mol. The highest BCUT2D eigenvalue weighted by Gasteiger charge is 2.21. The van der Waals surface area contributed by atoms with Crippen LogP contribution in [0.15, 0.2) is 24.3 Å². The topological polar surface area (TPSA) is 23.5 Å². The largest absolute Gasteiger partial charge is 0.388 e. The van der Waals surface area contributed by atoms with Crippen LogP contribution in [0, 0.1) is 5.92 Å². The van der Waals surface area contributed by atoms with Gasteiger partial charge in [0.05, 0.1) is 6.10 Å². The lowest BCUT2D eigenvalue weighted by molar-refractivity contribution is 0.173. The predicted octanol–water partition coefficient (Wildman–Crippen LogP) is 3.37. The van der Waals surface area contributed by atoms with Crippen molar-refractivity contribution in [1.82, 2.24) is 0 Å². The van der Waals surface area contributed by atoms with Gasteiger partial charge in [0.15, 0.2) is 0 Å². The number of anilines is 1. The minimum absolute atomic E-state index is 0.314. The Balaban J connectivity index is 2.03. The van der Waals surface area contributed by atoms with Crippen molar-refractivity contribution < 1.29 is 5.11 Å². The molecule has 0 radical (unpaired) electrons. The van der Waals surface area contributed by atoms with E-state index in [1.54, 1.807) is 0 Å². The summed E-state index contributed by atoms with van der Waals surface area (Å²) < 4.78 is 0. The van der Waals surface area contributed by atoms with Gasteiger partial charge in [0.25, 0.3) is 0 Å². The van der Waals surface area contributed by atoms with E-state index in [-0.39, 0.29) is 6.10 Å². The molecule has 2 atom stereocenters. The summed E-state index contributed by atoms with van der Waals surface area (Å²) in [5.41, 5.74) is 2.33. The molecule has 0 saturated carbocycles. The minimum atomic E-state index is -0.314. The Labute approximate surface area is 104 Å². The first-order chi connectivity index (χ1) is 8.24. The molecule has 1 fully saturated rings. The van der Waals surface area contributed by atoms with Gasteiger partial charge in [-0.15, -0.1) is 0 Å². The monoisotopic (exact) mass is 233 g/mol. The standard InChI is InChI=1S/C15H23NO/c1-3-12-9-10-16(11-12)14-7-5-13(6-8-14)15(17)4-2/h5-8,12,15,17H,3-4,9-11H2,1-2H3/t12?,15-/m1/s1. The SMILES string of the molecule is CCC1CCN(c2ccc([C@H](O)CC)cc2)C1. The van der Waals surface area contributed by atoms with Gasteiger partial charge in [-0.25, -0.2) is 0 Å². The Morgan fingerprint density at radius 1 is 1.29 bits per heavy atom. The Bertz CT molecular complexity index is 346. The molecule has 0 aromatic heterocycles. The molecule has 0 aliphatic carbocycles. The zero-order chi connectivity index (χ0) is 12.3. The maximum atomic E-state index is 9.75. The van der Waals surface area contributed by atoms with Crippen LogP contribution in [-0.4, -0.2) is 18.2 Å². The number of nitrogens with zero attached hydrogens (tertiary/aromatic N) is 1. The first-order valence-corrected chi connectivity index (χ1v) is 6.77. The van der Waals surface area contributed by atoms with Crippen LogP contribution in [0.2, 0.25) is 0 Å². The Kier molecular flexibility index (Phi) is 4.06. The van der Waals surface area contributed by atoms with Crippen molar-refractivity contribution in [2.24, 2.45) is 5.92 Å². The van der Waals surface area contributed by atoms with Gasteiger partial charge < -0.3 is 10.0 Å². The number of aliphatic hydroxyl groups excluding tert-OH is 1. The van der Waals surface area contributed by atoms with Crippen LogP contribution in [-0.2, 0) is 0 Å². The van der Waals surface area contributed by atoms with Gasteiger partial charge in [0.2, 0.25) is 0 Å². The normalized spacial score (nSPS) is 21.8. The van der Waals surface area contributed by atoms with Crippen LogP contribution in [0.5, 0.6) is 0 Å². The molecule has 1 N–H and O–H groups in total. The summed E-state index contributed by atoms with van der Waals surface area (Å²) in [5, 5.41) is 9.75. The molecule has 1 aromatic rings. The van der Waals surface area contributed by atoms with E-state index in [1.165, 1.54) is 31.6 Å². The van der Waals surface area contributed by atoms with Crippen molar-refractivity contribution in [3.05, 3.63) is 29.8 Å². The van der Waals surface area contributed by atoms with Gasteiger partial charge in [-0.1, -0.05) is 32.4 Å². The summed E-state index contributed by atoms with van der Waals surface area (Å²) in [6, 6.07) is 8.41. The second-order valence-electron chi connectivity index (χ2n) is 5.02. The molecule has 2 rings (SSSR count). The molecular formula is C15H23NO. The van der Waals surface area contributed by atoms with Gasteiger partial charge in [-0.2, -0.15) is 0 Å². The fourth-order valence-electron chi connectivity index (χ4n) is 2.54. The van der Waals surface area contributed by atoms with E-state index in [0.717, 1.165) is 17.9 Å². The lowest BCUT2D eigenvalue weighted by atomic mass is 10.1. The molecular weight excluding hydrogens is 210 g/mol. The van der Waals surface area contributed by atoms with E-state index in [1.807, 2.05) is 6.92 Å². The fraction of sp³-hybridized carbons (Fsp3) is 0.600. The van der Waals surface area contributed by atoms with Crippen molar-refractivity contribution in [3.63, 3.8) is 0 Å². The van der Waals surface area contributed by atoms with Crippen molar-refractivity contribution in [2.45, 2.75) is 39.2 Å². The molecule has 1 heterocycles. The smallest absolute Gasteiger partial charge is 0.0787 e. The zero-order valence-corrected chi connectivity index (χ0v) is 10.9. The van der Waals surface area contributed by atoms with Gasteiger partial charge in [0, 0.05) is 18.8 Å². The second kappa shape index (κ2) is 5.54. The molecule has 2 heteroatoms. The van der Waals surface area contributed by atoms with Crippen LogP contribution < -0.4 is 4.90 Å². The van der Waals surface area contributed by atoms with Crippen molar-refractivity contribution in [3.8, 4) is 0 Å². The number of benzene rings is 1. The van der Waals surface area contributed by atoms with E-state index in [4.69, 9.17) is 0 Å². The maximum absolute atomic E-state index is 9.75. The zero-order valence-electron chi connectivity index (χ0n) is 10.9. The molecule has 0 spiro atoms. The summed E-state index contributed by atoms with van der Waals surface area (Å²) in [4.78, 5) is 2.45. The van der Waals surface area contributed by atoms with Crippen LogP contribution in [0.4, 0.5) is 5.69 Å². The maximum Gasteiger partial charge on any atom is 0.0787 e. The quantitative estimate of drug-likeness (QED) is 0.862. The third-order valence-corrected chi connectivity index (χ3v) is 3.89. The van der Waals surface area contributed by atoms with Crippen molar-refractivity contribution in [2.75, 3.05) is 18.0 Å². The lowest BCUT2D eigenvalue weighted by Gasteiger charge is -2.19. The molecule has 1 aromatic carbocycles. The van der Waals surface area contributed by atoms with Crippen molar-refractivity contribution in [1.29, 1.82) is 0 Å². The van der Waals surface area contributed by atoms with Crippen LogP contribution >= 0.6 is 0 Å². The van der Waals surface area contributed by atoms with E-state index in [0.29, 0.717) is 0 Å². The molecule has 17 heavy (non-hydrogen) atoms. The third-order valence-electron chi connectivity index (χ3n) is 3.89. The summed E-state index contributed by atoms with van der Waals surface area (Å²) in [6.07, 6.45) is 3.06. The predicted molar refractivity (Wildman–Crippen MR) is 72.3 cm³/mol. The summed E-state index contributed by atoms with van der Waals surface area (Å²) in [5.74, 6) is 0.857. The molecule has 1 aliphatic rings. The van der Waals surface area contributed by atoms with Crippen LogP contribution in [0.1, 0.15) is 44.8 Å². The highest BCUT2D eigenvalue weighted by molar-refractivity contribution is 5.48. The Morgan fingerprint density at radius 3 is 2.53 bits per heavy atom. The van der Waals surface area contributed by atoms with Gasteiger partial charge in [-0.05, 0) is 36.5 Å². The lowest BCUT2D eigenvalue weighted by Crippen LogP contribution is -2.19. The molecule has 1 aliphatic heterocycles. The van der Waals surface area contributed by atoms with E-state index in [9.17, 15) is 5.11 Å². The molecule has 1 unspecified atom stereocenters. The first kappa shape index (κ1) is 12.4. The molecule has 1 saturated heterocycles. The summed E-state index contributed by atoms with van der Waals surface area (Å²) in [6.45, 7) is 6.64. The minimum Gasteiger partial charge on any atom is -0.388 e. The number of aliphatic hydroxyl groups is 1. The summed E-state index contributed by atoms with van der Waals surface area (Å²) >= 11 is 0. The first-order valence-electron chi connectivity index (χ1n) is 6.77. The van der Waals surface area contributed by atoms with Crippen LogP contribution in [0.3, 0.4) is 0 Å². The molecule has 0 bridgehead atoms. The molecule has 0 amide bonds. The van der Waals surface area contributed by atoms with Gasteiger partial charge in [0.1, 0.15) is 0 Å². The van der Waals surface area contributed by atoms with E-state index in [2.05, 4.69) is 36.1 Å². The molecule has 94 valence electrons. The summed E-state index contributed by atoms with van der Waals surface area (Å²) in [7, 11) is 0. The average Bonchev–Trinajstić information content (AvgIpc) is 2.87. The van der Waals surface area contributed by atoms with Gasteiger partial charge >= 0.3 is 0 Å². The highest BCUT2D eigenvalue weighted by atomic mass is 16.3. The van der Waals surface area contributed by atoms with Crippen molar-refractivity contribution >= 4 is 5.69 Å². The highest BCUT2D eigenvalue weighted by Crippen LogP contribution is 2.27. The number of hydrogen-bond donors (Lipinski definition) is 1. The Morgan fingerprint density at radius 2 is 2.00 bits per heavy atom. The fourth-order valence-corrected chi connectivity index (χ4v) is 2.54. The Hall–Kier alpha value is -1.02. The second-order valence-corrected chi connectivity index (χ2v) is 5.02. The van der Waals surface area contributed by atoms with Gasteiger partial charge in [-0.3, -0.25) is 0 Å². The third kappa shape index (κ3) is 2.81. The van der Waals surface area contributed by atoms with Crippen LogP contribution in [0.25, 0.3) is 0 Å². The molecule has 2 nitrogen and oxygen atoms in total. The van der Waals surface area contributed by atoms with E-state index >= 15 is 0 Å².